The van der Waals surface area contributed by atoms with Crippen molar-refractivity contribution < 1.29 is 4.74 Å². The summed E-state index contributed by atoms with van der Waals surface area (Å²) in [7, 11) is 0. The molecule has 9 heavy (non-hydrogen) atoms. The van der Waals surface area contributed by atoms with E-state index in [0.29, 0.717) is 6.61 Å². The first kappa shape index (κ1) is 4.99. The number of nitrogens with zero attached hydrogens (tertiary/aromatic N) is 1. The Bertz CT molecular complexity index is 186. The Morgan fingerprint density at radius 3 is 3.56 bits per heavy atom. The maximum atomic E-state index is 5.16. The molecule has 0 amide bonds. The van der Waals surface area contributed by atoms with Crippen molar-refractivity contribution in [1.82, 2.24) is 10.2 Å². The number of H-pyrrole nitrogens is 1. The first-order chi connectivity index (χ1) is 4.47. The molecule has 0 aromatic carbocycles. The van der Waals surface area contributed by atoms with Gasteiger partial charge in [-0.05, 0) is 6.42 Å². The van der Waals surface area contributed by atoms with Gasteiger partial charge in [0.05, 0.1) is 18.9 Å². The minimum atomic E-state index is 0.672. The Hall–Kier alpha value is -0.830. The molecule has 2 heterocycles. The van der Waals surface area contributed by atoms with Crippen LogP contribution in [0, 0.1) is 6.20 Å². The fraction of sp³-hybridized carbons (Fsp3) is 0.500. The molecule has 0 unspecified atom stereocenters. The van der Waals surface area contributed by atoms with Crippen molar-refractivity contribution in [2.75, 3.05) is 6.61 Å². The molecule has 0 atom stereocenters. The molecule has 0 bridgehead atoms. The van der Waals surface area contributed by atoms with Gasteiger partial charge in [-0.3, -0.25) is 5.10 Å². The average molecular weight is 123 g/mol. The third-order valence-corrected chi connectivity index (χ3v) is 1.49. The molecule has 0 aliphatic carbocycles. The lowest BCUT2D eigenvalue weighted by molar-refractivity contribution is 0.108. The van der Waals surface area contributed by atoms with Gasteiger partial charge in [0.25, 0.3) is 0 Å². The Morgan fingerprint density at radius 2 is 2.67 bits per heavy atom. The molecule has 3 heteroatoms. The van der Waals surface area contributed by atoms with Gasteiger partial charge in [0.1, 0.15) is 6.20 Å². The lowest BCUT2D eigenvalue weighted by atomic mass is 10.2. The zero-order valence-corrected chi connectivity index (χ0v) is 4.98. The Labute approximate surface area is 53.0 Å². The van der Waals surface area contributed by atoms with Crippen molar-refractivity contribution in [3.63, 3.8) is 0 Å². The highest BCUT2D eigenvalue weighted by Crippen LogP contribution is 2.11. The van der Waals surface area contributed by atoms with Gasteiger partial charge in [0.15, 0.2) is 0 Å². The molecule has 0 saturated carbocycles. The lowest BCUT2D eigenvalue weighted by Crippen LogP contribution is -2.07. The smallest absolute Gasteiger partial charge is 0.116 e. The summed E-state index contributed by atoms with van der Waals surface area (Å²) in [4.78, 5) is 0. The summed E-state index contributed by atoms with van der Waals surface area (Å²) in [5.41, 5.74) is 2.27. The highest BCUT2D eigenvalue weighted by atomic mass is 16.5. The summed E-state index contributed by atoms with van der Waals surface area (Å²) >= 11 is 0. The normalized spacial score (nSPS) is 17.3. The van der Waals surface area contributed by atoms with Crippen LogP contribution in [-0.2, 0) is 17.8 Å². The number of ether oxygens (including phenoxy) is 1. The third kappa shape index (κ3) is 0.733. The van der Waals surface area contributed by atoms with Gasteiger partial charge >= 0.3 is 0 Å². The van der Waals surface area contributed by atoms with Crippen molar-refractivity contribution in [2.24, 2.45) is 0 Å². The summed E-state index contributed by atoms with van der Waals surface area (Å²) in [6, 6.07) is 0. The van der Waals surface area contributed by atoms with Crippen LogP contribution in [-0.4, -0.2) is 16.8 Å². The summed E-state index contributed by atoms with van der Waals surface area (Å²) in [5, 5.41) is 6.60. The predicted molar refractivity (Wildman–Crippen MR) is 30.8 cm³/mol. The Balaban J connectivity index is 2.39. The quantitative estimate of drug-likeness (QED) is 0.538. The van der Waals surface area contributed by atoms with E-state index in [1.165, 1.54) is 5.56 Å². The molecule has 0 spiro atoms. The number of rotatable bonds is 0. The molecule has 1 radical (unpaired) electrons. The van der Waals surface area contributed by atoms with Crippen molar-refractivity contribution >= 4 is 0 Å². The van der Waals surface area contributed by atoms with E-state index in [4.69, 9.17) is 4.74 Å². The Morgan fingerprint density at radius 1 is 1.67 bits per heavy atom. The van der Waals surface area contributed by atoms with Gasteiger partial charge in [0.2, 0.25) is 0 Å². The van der Waals surface area contributed by atoms with E-state index in [1.54, 1.807) is 0 Å². The highest BCUT2D eigenvalue weighted by molar-refractivity contribution is 5.15. The number of aromatic nitrogens is 2. The second-order valence-electron chi connectivity index (χ2n) is 2.10. The molecule has 1 aliphatic heterocycles. The van der Waals surface area contributed by atoms with Crippen molar-refractivity contribution in [3.05, 3.63) is 17.5 Å². The van der Waals surface area contributed by atoms with Gasteiger partial charge in [0, 0.05) is 5.56 Å². The van der Waals surface area contributed by atoms with E-state index in [9.17, 15) is 0 Å². The largest absolute Gasteiger partial charge is 0.375 e. The first-order valence-corrected chi connectivity index (χ1v) is 2.98. The van der Waals surface area contributed by atoms with E-state index < -0.39 is 0 Å². The number of hydrogen-bond acceptors (Lipinski definition) is 2. The van der Waals surface area contributed by atoms with Crippen LogP contribution >= 0.6 is 0 Å². The minimum absolute atomic E-state index is 0.672. The molecule has 3 nitrogen and oxygen atoms in total. The fourth-order valence-corrected chi connectivity index (χ4v) is 0.973. The zero-order valence-electron chi connectivity index (χ0n) is 4.98. The molecule has 1 aliphatic rings. The summed E-state index contributed by atoms with van der Waals surface area (Å²) < 4.78 is 5.16. The van der Waals surface area contributed by atoms with E-state index in [1.807, 2.05) is 0 Å². The van der Waals surface area contributed by atoms with Crippen LogP contribution in [0.1, 0.15) is 11.3 Å². The van der Waals surface area contributed by atoms with Crippen LogP contribution in [0.4, 0.5) is 0 Å². The summed E-state index contributed by atoms with van der Waals surface area (Å²) in [6.45, 7) is 1.48. The van der Waals surface area contributed by atoms with Gasteiger partial charge in [-0.1, -0.05) is 0 Å². The van der Waals surface area contributed by atoms with E-state index in [2.05, 4.69) is 16.4 Å². The predicted octanol–water partition coefficient (Wildman–Crippen LogP) is 0.283. The second kappa shape index (κ2) is 1.84. The second-order valence-corrected chi connectivity index (χ2v) is 2.10. The van der Waals surface area contributed by atoms with Crippen molar-refractivity contribution in [2.45, 2.75) is 13.0 Å². The lowest BCUT2D eigenvalue weighted by Gasteiger charge is -2.09. The summed E-state index contributed by atoms with van der Waals surface area (Å²) in [5.74, 6) is 0. The van der Waals surface area contributed by atoms with E-state index >= 15 is 0 Å². The van der Waals surface area contributed by atoms with Crippen LogP contribution in [0.5, 0.6) is 0 Å². The summed E-state index contributed by atoms with van der Waals surface area (Å²) in [6.07, 6.45) is 3.82. The Kier molecular flexibility index (Phi) is 1.02. The van der Waals surface area contributed by atoms with Crippen LogP contribution in [0.25, 0.3) is 0 Å². The SMILES string of the molecule is [c]1n[nH]c2c1CCOC2. The van der Waals surface area contributed by atoms with E-state index in [0.717, 1.165) is 18.7 Å². The molecule has 2 rings (SSSR count). The highest BCUT2D eigenvalue weighted by Gasteiger charge is 2.09. The topological polar surface area (TPSA) is 37.9 Å². The van der Waals surface area contributed by atoms with Gasteiger partial charge in [-0.25, -0.2) is 0 Å². The standard InChI is InChI=1S/C6H7N2O/c1-2-9-4-6-5(1)3-7-8-6/h1-2,4H2,(H,7,8). The van der Waals surface area contributed by atoms with Gasteiger partial charge in [-0.2, -0.15) is 5.10 Å². The molecule has 47 valence electrons. The van der Waals surface area contributed by atoms with Gasteiger partial charge in [-0.15, -0.1) is 0 Å². The number of aromatic amines is 1. The first-order valence-electron chi connectivity index (χ1n) is 2.98. The molecule has 1 aromatic rings. The molecule has 0 saturated heterocycles. The number of fused-ring (bicyclic) bond motifs is 1. The zero-order chi connectivity index (χ0) is 6.10. The molecule has 1 N–H and O–H groups in total. The minimum Gasteiger partial charge on any atom is -0.375 e. The molecular formula is C6H7N2O. The molecular weight excluding hydrogens is 116 g/mol. The van der Waals surface area contributed by atoms with E-state index in [-0.39, 0.29) is 0 Å². The fourth-order valence-electron chi connectivity index (χ4n) is 0.973. The van der Waals surface area contributed by atoms with Crippen LogP contribution in [0.2, 0.25) is 0 Å². The maximum absolute atomic E-state index is 5.16. The van der Waals surface area contributed by atoms with Crippen LogP contribution < -0.4 is 0 Å². The van der Waals surface area contributed by atoms with Crippen molar-refractivity contribution in [1.29, 1.82) is 0 Å². The molecule has 1 aromatic heterocycles. The van der Waals surface area contributed by atoms with Crippen LogP contribution in [0.15, 0.2) is 0 Å². The number of hydrogen-bond donors (Lipinski definition) is 1. The number of nitrogens with one attached hydrogen (secondary N) is 1. The average Bonchev–Trinajstić information content (AvgIpc) is 2.33. The van der Waals surface area contributed by atoms with Crippen LogP contribution in [0.3, 0.4) is 0 Å². The molecule has 0 fully saturated rings. The van der Waals surface area contributed by atoms with Gasteiger partial charge < -0.3 is 4.74 Å². The van der Waals surface area contributed by atoms with Crippen molar-refractivity contribution in [3.8, 4) is 0 Å². The monoisotopic (exact) mass is 123 g/mol. The maximum Gasteiger partial charge on any atom is 0.116 e. The third-order valence-electron chi connectivity index (χ3n) is 1.49.